The summed E-state index contributed by atoms with van der Waals surface area (Å²) in [6, 6.07) is 0.918. The van der Waals surface area contributed by atoms with E-state index >= 15 is 0 Å². The van der Waals surface area contributed by atoms with E-state index in [2.05, 4.69) is 24.6 Å². The third-order valence-electron chi connectivity index (χ3n) is 2.87. The van der Waals surface area contributed by atoms with Gasteiger partial charge in [-0.15, -0.1) is 0 Å². The maximum absolute atomic E-state index is 4.20. The van der Waals surface area contributed by atoms with Crippen LogP contribution in [0.5, 0.6) is 0 Å². The van der Waals surface area contributed by atoms with Crippen molar-refractivity contribution in [2.75, 3.05) is 19.3 Å². The Kier molecular flexibility index (Phi) is 5.08. The largest absolute Gasteiger partial charge is 0.303 e. The number of thiol groups is 1. The molecular formula is C10H21NS. The summed E-state index contributed by atoms with van der Waals surface area (Å²) in [5.41, 5.74) is 0. The Morgan fingerprint density at radius 3 is 2.50 bits per heavy atom. The van der Waals surface area contributed by atoms with Gasteiger partial charge >= 0.3 is 0 Å². The van der Waals surface area contributed by atoms with Crippen molar-refractivity contribution < 1.29 is 0 Å². The summed E-state index contributed by atoms with van der Waals surface area (Å²) in [6.07, 6.45) is 8.30. The fourth-order valence-corrected chi connectivity index (χ4v) is 1.88. The van der Waals surface area contributed by atoms with Crippen LogP contribution < -0.4 is 0 Å². The first kappa shape index (κ1) is 10.4. The van der Waals surface area contributed by atoms with E-state index in [1.165, 1.54) is 45.1 Å². The quantitative estimate of drug-likeness (QED) is 0.494. The first-order chi connectivity index (χ1) is 5.84. The first-order valence-corrected chi connectivity index (χ1v) is 5.79. The number of hydrogen-bond acceptors (Lipinski definition) is 2. The van der Waals surface area contributed by atoms with Gasteiger partial charge < -0.3 is 4.90 Å². The molecule has 0 saturated heterocycles. The van der Waals surface area contributed by atoms with Crippen molar-refractivity contribution in [2.24, 2.45) is 0 Å². The van der Waals surface area contributed by atoms with Crippen LogP contribution in [0.25, 0.3) is 0 Å². The lowest BCUT2D eigenvalue weighted by atomic mass is 9.92. The Morgan fingerprint density at radius 2 is 2.00 bits per heavy atom. The molecule has 0 unspecified atom stereocenters. The minimum atomic E-state index is 0.918. The van der Waals surface area contributed by atoms with Crippen LogP contribution in [0.4, 0.5) is 0 Å². The smallest absolute Gasteiger partial charge is 0.00922 e. The molecule has 0 bridgehead atoms. The molecule has 0 aromatic rings. The van der Waals surface area contributed by atoms with Gasteiger partial charge in [0, 0.05) is 6.04 Å². The molecule has 1 fully saturated rings. The zero-order valence-electron chi connectivity index (χ0n) is 8.13. The monoisotopic (exact) mass is 187 g/mol. The lowest BCUT2D eigenvalue weighted by Gasteiger charge is -2.34. The molecule has 0 spiro atoms. The summed E-state index contributed by atoms with van der Waals surface area (Å²) in [5, 5.41) is 0. The van der Waals surface area contributed by atoms with Crippen LogP contribution in [0.3, 0.4) is 0 Å². The number of nitrogens with zero attached hydrogens (tertiary/aromatic N) is 1. The molecule has 0 atom stereocenters. The van der Waals surface area contributed by atoms with Crippen molar-refractivity contribution in [3.63, 3.8) is 0 Å². The Hall–Kier alpha value is 0.310. The van der Waals surface area contributed by atoms with E-state index in [0.29, 0.717) is 0 Å². The Labute approximate surface area is 81.9 Å². The lowest BCUT2D eigenvalue weighted by Crippen LogP contribution is -2.37. The summed E-state index contributed by atoms with van der Waals surface area (Å²) in [6.45, 7) is 1.29. The lowest BCUT2D eigenvalue weighted by molar-refractivity contribution is 0.157. The predicted molar refractivity (Wildman–Crippen MR) is 58.0 cm³/mol. The molecule has 1 aliphatic rings. The Balaban J connectivity index is 1.91. The normalized spacial score (nSPS) is 18.2. The molecule has 0 radical (unpaired) electrons. The Morgan fingerprint density at radius 1 is 1.25 bits per heavy atom. The zero-order valence-corrected chi connectivity index (χ0v) is 9.02. The fourth-order valence-electron chi connectivity index (χ4n) is 1.66. The second kappa shape index (κ2) is 5.87. The molecule has 0 aromatic carbocycles. The molecule has 1 nitrogen and oxygen atoms in total. The summed E-state index contributed by atoms with van der Waals surface area (Å²) in [5.74, 6) is 1.05. The maximum atomic E-state index is 4.20. The van der Waals surface area contributed by atoms with Crippen LogP contribution in [-0.2, 0) is 0 Å². The van der Waals surface area contributed by atoms with Gasteiger partial charge in [-0.2, -0.15) is 12.6 Å². The highest BCUT2D eigenvalue weighted by atomic mass is 32.1. The van der Waals surface area contributed by atoms with E-state index in [-0.39, 0.29) is 0 Å². The van der Waals surface area contributed by atoms with Gasteiger partial charge in [-0.1, -0.05) is 12.8 Å². The van der Waals surface area contributed by atoms with Gasteiger partial charge in [0.1, 0.15) is 0 Å². The van der Waals surface area contributed by atoms with Gasteiger partial charge in [0.25, 0.3) is 0 Å². The molecule has 0 amide bonds. The topological polar surface area (TPSA) is 3.24 Å². The van der Waals surface area contributed by atoms with Crippen LogP contribution in [-0.4, -0.2) is 30.3 Å². The van der Waals surface area contributed by atoms with E-state index in [9.17, 15) is 0 Å². The minimum absolute atomic E-state index is 0.918. The zero-order chi connectivity index (χ0) is 8.81. The molecule has 0 heterocycles. The van der Waals surface area contributed by atoms with Crippen molar-refractivity contribution >= 4 is 12.6 Å². The van der Waals surface area contributed by atoms with E-state index in [0.717, 1.165) is 11.8 Å². The average Bonchev–Trinajstić information content (AvgIpc) is 1.95. The minimum Gasteiger partial charge on any atom is -0.303 e. The molecule has 2 heteroatoms. The van der Waals surface area contributed by atoms with E-state index in [1.807, 2.05) is 0 Å². The SMILES string of the molecule is CN(CCCCCS)C1CCC1. The van der Waals surface area contributed by atoms with Crippen LogP contribution in [0, 0.1) is 0 Å². The standard InChI is InChI=1S/C10H21NS/c1-11(10-6-5-7-10)8-3-2-4-9-12/h10,12H,2-9H2,1H3. The molecule has 72 valence electrons. The third-order valence-corrected chi connectivity index (χ3v) is 3.18. The van der Waals surface area contributed by atoms with Gasteiger partial charge in [0.15, 0.2) is 0 Å². The van der Waals surface area contributed by atoms with Gasteiger partial charge in [0.2, 0.25) is 0 Å². The highest BCUT2D eigenvalue weighted by Crippen LogP contribution is 2.23. The average molecular weight is 187 g/mol. The van der Waals surface area contributed by atoms with Gasteiger partial charge in [-0.05, 0) is 45.0 Å². The summed E-state index contributed by atoms with van der Waals surface area (Å²) >= 11 is 4.20. The fraction of sp³-hybridized carbons (Fsp3) is 1.00. The highest BCUT2D eigenvalue weighted by molar-refractivity contribution is 7.80. The molecule has 1 saturated carbocycles. The van der Waals surface area contributed by atoms with Gasteiger partial charge in [-0.3, -0.25) is 0 Å². The number of hydrogen-bond donors (Lipinski definition) is 1. The van der Waals surface area contributed by atoms with Crippen molar-refractivity contribution in [3.8, 4) is 0 Å². The molecule has 12 heavy (non-hydrogen) atoms. The van der Waals surface area contributed by atoms with E-state index in [4.69, 9.17) is 0 Å². The van der Waals surface area contributed by atoms with Crippen molar-refractivity contribution in [1.82, 2.24) is 4.90 Å². The molecule has 0 N–H and O–H groups in total. The van der Waals surface area contributed by atoms with Gasteiger partial charge in [0.05, 0.1) is 0 Å². The molecule has 1 aliphatic carbocycles. The summed E-state index contributed by atoms with van der Waals surface area (Å²) in [7, 11) is 2.27. The summed E-state index contributed by atoms with van der Waals surface area (Å²) in [4.78, 5) is 2.53. The second-order valence-electron chi connectivity index (χ2n) is 3.85. The molecule has 0 aliphatic heterocycles. The maximum Gasteiger partial charge on any atom is 0.00922 e. The van der Waals surface area contributed by atoms with Gasteiger partial charge in [-0.25, -0.2) is 0 Å². The van der Waals surface area contributed by atoms with E-state index in [1.54, 1.807) is 0 Å². The van der Waals surface area contributed by atoms with Crippen molar-refractivity contribution in [3.05, 3.63) is 0 Å². The molecular weight excluding hydrogens is 166 g/mol. The van der Waals surface area contributed by atoms with Crippen molar-refractivity contribution in [2.45, 2.75) is 44.6 Å². The molecule has 0 aromatic heterocycles. The summed E-state index contributed by atoms with van der Waals surface area (Å²) < 4.78 is 0. The second-order valence-corrected chi connectivity index (χ2v) is 4.30. The van der Waals surface area contributed by atoms with Crippen LogP contribution in [0.15, 0.2) is 0 Å². The third kappa shape index (κ3) is 3.36. The van der Waals surface area contributed by atoms with E-state index < -0.39 is 0 Å². The molecule has 1 rings (SSSR count). The Bertz CT molecular complexity index is 112. The number of unbranched alkanes of at least 4 members (excludes halogenated alkanes) is 2. The van der Waals surface area contributed by atoms with Crippen molar-refractivity contribution in [1.29, 1.82) is 0 Å². The predicted octanol–water partition coefficient (Wildman–Crippen LogP) is 2.57. The van der Waals surface area contributed by atoms with Crippen LogP contribution >= 0.6 is 12.6 Å². The van der Waals surface area contributed by atoms with Crippen LogP contribution in [0.2, 0.25) is 0 Å². The highest BCUT2D eigenvalue weighted by Gasteiger charge is 2.20. The van der Waals surface area contributed by atoms with Crippen LogP contribution in [0.1, 0.15) is 38.5 Å². The first-order valence-electron chi connectivity index (χ1n) is 5.15. The number of rotatable bonds is 6.